The first-order chi connectivity index (χ1) is 8.06. The molecule has 17 heavy (non-hydrogen) atoms. The Labute approximate surface area is 119 Å². The van der Waals surface area contributed by atoms with Crippen LogP contribution in [0.1, 0.15) is 19.8 Å². The third kappa shape index (κ3) is 4.59. The van der Waals surface area contributed by atoms with Gasteiger partial charge < -0.3 is 16.3 Å². The lowest BCUT2D eigenvalue weighted by Gasteiger charge is -2.18. The average Bonchev–Trinajstić information content (AvgIpc) is 2.32. The molecular formula is C11H15ClIN3O. The molecule has 0 radical (unpaired) electrons. The summed E-state index contributed by atoms with van der Waals surface area (Å²) in [6.07, 6.45) is 1.34. The monoisotopic (exact) mass is 367 g/mol. The summed E-state index contributed by atoms with van der Waals surface area (Å²) < 4.78 is 1.10. The molecule has 0 aliphatic heterocycles. The highest BCUT2D eigenvalue weighted by Crippen LogP contribution is 2.25. The number of amidine groups is 1. The van der Waals surface area contributed by atoms with E-state index in [1.165, 1.54) is 0 Å². The average molecular weight is 368 g/mol. The number of nitrogens with zero attached hydrogens (tertiary/aromatic N) is 1. The van der Waals surface area contributed by atoms with Crippen LogP contribution in [0.4, 0.5) is 5.69 Å². The van der Waals surface area contributed by atoms with Crippen molar-refractivity contribution in [1.82, 2.24) is 0 Å². The molecule has 4 N–H and O–H groups in total. The lowest BCUT2D eigenvalue weighted by molar-refractivity contribution is 0.316. The number of anilines is 1. The minimum atomic E-state index is 0.0987. The minimum absolute atomic E-state index is 0.0987. The Kier molecular flexibility index (Phi) is 5.84. The van der Waals surface area contributed by atoms with Crippen LogP contribution in [0.25, 0.3) is 0 Å². The van der Waals surface area contributed by atoms with Gasteiger partial charge in [-0.1, -0.05) is 23.7 Å². The van der Waals surface area contributed by atoms with E-state index in [1.54, 1.807) is 0 Å². The van der Waals surface area contributed by atoms with E-state index in [-0.39, 0.29) is 11.9 Å². The third-order valence-electron chi connectivity index (χ3n) is 2.36. The first kappa shape index (κ1) is 14.4. The van der Waals surface area contributed by atoms with E-state index in [0.717, 1.165) is 15.7 Å². The summed E-state index contributed by atoms with van der Waals surface area (Å²) in [7, 11) is 0. The highest BCUT2D eigenvalue weighted by molar-refractivity contribution is 14.1. The molecule has 0 aliphatic carbocycles. The molecule has 0 spiro atoms. The second kappa shape index (κ2) is 6.90. The van der Waals surface area contributed by atoms with E-state index >= 15 is 0 Å². The number of nitrogens with one attached hydrogen (secondary N) is 1. The van der Waals surface area contributed by atoms with E-state index in [9.17, 15) is 0 Å². The zero-order chi connectivity index (χ0) is 12.8. The highest BCUT2D eigenvalue weighted by atomic mass is 127. The largest absolute Gasteiger partial charge is 0.409 e. The molecule has 0 aliphatic rings. The normalized spacial score (nSPS) is 13.5. The second-order valence-corrected chi connectivity index (χ2v) is 5.32. The molecule has 0 amide bonds. The fourth-order valence-electron chi connectivity index (χ4n) is 1.42. The topological polar surface area (TPSA) is 70.6 Å². The quantitative estimate of drug-likeness (QED) is 0.246. The van der Waals surface area contributed by atoms with E-state index < -0.39 is 0 Å². The maximum Gasteiger partial charge on any atom is 0.141 e. The molecule has 0 saturated heterocycles. The van der Waals surface area contributed by atoms with Gasteiger partial charge in [-0.15, -0.1) is 0 Å². The van der Waals surface area contributed by atoms with Crippen LogP contribution in [-0.4, -0.2) is 17.1 Å². The van der Waals surface area contributed by atoms with Crippen LogP contribution in [0.2, 0.25) is 5.02 Å². The molecule has 1 aromatic carbocycles. The van der Waals surface area contributed by atoms with Gasteiger partial charge in [0, 0.05) is 16.0 Å². The van der Waals surface area contributed by atoms with Gasteiger partial charge in [-0.05, 0) is 47.2 Å². The van der Waals surface area contributed by atoms with Gasteiger partial charge in [-0.3, -0.25) is 0 Å². The molecular weight excluding hydrogens is 352 g/mol. The van der Waals surface area contributed by atoms with E-state index in [1.807, 2.05) is 25.1 Å². The highest BCUT2D eigenvalue weighted by Gasteiger charge is 2.11. The molecule has 0 bridgehead atoms. The Morgan fingerprint density at radius 1 is 1.65 bits per heavy atom. The van der Waals surface area contributed by atoms with Crippen LogP contribution in [0.15, 0.2) is 23.4 Å². The maximum atomic E-state index is 8.55. The Morgan fingerprint density at radius 2 is 2.35 bits per heavy atom. The van der Waals surface area contributed by atoms with Crippen molar-refractivity contribution in [3.05, 3.63) is 26.8 Å². The van der Waals surface area contributed by atoms with Crippen molar-refractivity contribution in [1.29, 1.82) is 0 Å². The zero-order valence-electron chi connectivity index (χ0n) is 9.45. The van der Waals surface area contributed by atoms with Crippen molar-refractivity contribution in [2.75, 3.05) is 5.32 Å². The fourth-order valence-corrected chi connectivity index (χ4v) is 2.08. The Bertz CT molecular complexity index is 412. The van der Waals surface area contributed by atoms with Gasteiger partial charge >= 0.3 is 0 Å². The van der Waals surface area contributed by atoms with Crippen molar-refractivity contribution in [3.63, 3.8) is 0 Å². The number of oxime groups is 1. The first-order valence-corrected chi connectivity index (χ1v) is 6.70. The smallest absolute Gasteiger partial charge is 0.141 e. The van der Waals surface area contributed by atoms with Crippen LogP contribution < -0.4 is 11.1 Å². The van der Waals surface area contributed by atoms with Crippen molar-refractivity contribution >= 4 is 45.7 Å². The van der Waals surface area contributed by atoms with Crippen molar-refractivity contribution in [2.24, 2.45) is 10.9 Å². The molecule has 1 rings (SSSR count). The lowest BCUT2D eigenvalue weighted by atomic mass is 10.1. The molecule has 1 aromatic rings. The second-order valence-electron chi connectivity index (χ2n) is 3.67. The predicted molar refractivity (Wildman–Crippen MR) is 79.9 cm³/mol. The van der Waals surface area contributed by atoms with E-state index in [2.05, 4.69) is 33.1 Å². The van der Waals surface area contributed by atoms with Gasteiger partial charge in [-0.2, -0.15) is 0 Å². The van der Waals surface area contributed by atoms with Gasteiger partial charge in [0.25, 0.3) is 0 Å². The molecule has 1 unspecified atom stereocenters. The van der Waals surface area contributed by atoms with Crippen molar-refractivity contribution in [2.45, 2.75) is 25.8 Å². The third-order valence-corrected chi connectivity index (χ3v) is 3.37. The van der Waals surface area contributed by atoms with Crippen molar-refractivity contribution < 1.29 is 5.21 Å². The number of hydrogen-bond donors (Lipinski definition) is 3. The summed E-state index contributed by atoms with van der Waals surface area (Å²) >= 11 is 8.32. The summed E-state index contributed by atoms with van der Waals surface area (Å²) in [4.78, 5) is 0. The van der Waals surface area contributed by atoms with Crippen LogP contribution in [0, 0.1) is 3.57 Å². The lowest BCUT2D eigenvalue weighted by Crippen LogP contribution is -2.26. The Morgan fingerprint density at radius 3 is 2.94 bits per heavy atom. The molecule has 0 saturated carbocycles. The SMILES string of the molecule is CCC(C/C(N)=N/O)Nc1cc(I)ccc1Cl. The first-order valence-electron chi connectivity index (χ1n) is 5.24. The number of halogens is 2. The molecule has 0 aromatic heterocycles. The van der Waals surface area contributed by atoms with Gasteiger partial charge in [0.1, 0.15) is 5.84 Å². The standard InChI is InChI=1S/C11H15ClIN3O/c1-2-8(6-11(14)16-17)15-10-5-7(13)3-4-9(10)12/h3-5,8,15,17H,2,6H2,1H3,(H2,14,16). The van der Waals surface area contributed by atoms with Crippen LogP contribution >= 0.6 is 34.2 Å². The predicted octanol–water partition coefficient (Wildman–Crippen LogP) is 3.27. The van der Waals surface area contributed by atoms with Crippen molar-refractivity contribution in [3.8, 4) is 0 Å². The van der Waals surface area contributed by atoms with E-state index in [0.29, 0.717) is 11.4 Å². The number of benzene rings is 1. The number of nitrogens with two attached hydrogens (primary N) is 1. The summed E-state index contributed by atoms with van der Waals surface area (Å²) in [5.74, 6) is 0.214. The van der Waals surface area contributed by atoms with Gasteiger partial charge in [-0.25, -0.2) is 0 Å². The van der Waals surface area contributed by atoms with Gasteiger partial charge in [0.05, 0.1) is 10.7 Å². The summed E-state index contributed by atoms with van der Waals surface area (Å²) in [6.45, 7) is 2.03. The maximum absolute atomic E-state index is 8.55. The molecule has 4 nitrogen and oxygen atoms in total. The van der Waals surface area contributed by atoms with Crippen LogP contribution in [0.3, 0.4) is 0 Å². The van der Waals surface area contributed by atoms with Crippen LogP contribution in [-0.2, 0) is 0 Å². The molecule has 94 valence electrons. The molecule has 0 fully saturated rings. The summed E-state index contributed by atoms with van der Waals surface area (Å²) in [5.41, 5.74) is 6.37. The summed E-state index contributed by atoms with van der Waals surface area (Å²) in [6, 6.07) is 5.86. The Hall–Kier alpha value is -0.690. The fraction of sp³-hybridized carbons (Fsp3) is 0.364. The molecule has 0 heterocycles. The summed E-state index contributed by atoms with van der Waals surface area (Å²) in [5, 5.41) is 15.5. The molecule has 1 atom stereocenters. The number of hydrogen-bond acceptors (Lipinski definition) is 3. The van der Waals surface area contributed by atoms with Gasteiger partial charge in [0.15, 0.2) is 0 Å². The van der Waals surface area contributed by atoms with E-state index in [4.69, 9.17) is 22.5 Å². The zero-order valence-corrected chi connectivity index (χ0v) is 12.4. The van der Waals surface area contributed by atoms with Crippen LogP contribution in [0.5, 0.6) is 0 Å². The van der Waals surface area contributed by atoms with Gasteiger partial charge in [0.2, 0.25) is 0 Å². The molecule has 6 heteroatoms. The number of rotatable bonds is 5. The Balaban J connectivity index is 2.76. The minimum Gasteiger partial charge on any atom is -0.409 e.